The van der Waals surface area contributed by atoms with Gasteiger partial charge in [-0.1, -0.05) is 18.2 Å². The summed E-state index contributed by atoms with van der Waals surface area (Å²) in [5, 5.41) is 14.2. The van der Waals surface area contributed by atoms with Crippen molar-refractivity contribution >= 4 is 34.7 Å². The second kappa shape index (κ2) is 9.81. The molecule has 2 aliphatic heterocycles. The fourth-order valence-electron chi connectivity index (χ4n) is 4.86. The molecule has 2 heterocycles. The number of aliphatic hydroxyl groups excluding tert-OH is 1. The van der Waals surface area contributed by atoms with Gasteiger partial charge < -0.3 is 19.9 Å². The second-order valence-electron chi connectivity index (χ2n) is 8.91. The maximum Gasteiger partial charge on any atom is 0.300 e. The number of para-hydroxylation sites is 1. The highest BCUT2D eigenvalue weighted by Gasteiger charge is 2.48. The molecule has 1 unspecified atom stereocenters. The van der Waals surface area contributed by atoms with E-state index >= 15 is 0 Å². The number of ketones is 1. The van der Waals surface area contributed by atoms with E-state index < -0.39 is 17.7 Å². The van der Waals surface area contributed by atoms with Crippen molar-refractivity contribution in [1.29, 1.82) is 0 Å². The number of hydrogen-bond donors (Lipinski definition) is 2. The van der Waals surface area contributed by atoms with E-state index in [4.69, 9.17) is 9.47 Å². The number of carbonyl (C=O) groups excluding carboxylic acids is 3. The zero-order valence-electron chi connectivity index (χ0n) is 20.5. The number of hydrogen-bond acceptors (Lipinski definition) is 6. The quantitative estimate of drug-likeness (QED) is 0.303. The molecule has 1 fully saturated rings. The van der Waals surface area contributed by atoms with Crippen molar-refractivity contribution in [2.24, 2.45) is 0 Å². The lowest BCUT2D eigenvalue weighted by atomic mass is 9.93. The number of methoxy groups -OCH3 is 1. The van der Waals surface area contributed by atoms with Crippen LogP contribution in [0.3, 0.4) is 0 Å². The molecule has 3 aromatic rings. The van der Waals surface area contributed by atoms with Gasteiger partial charge in [0.2, 0.25) is 5.91 Å². The van der Waals surface area contributed by atoms with Crippen LogP contribution in [-0.2, 0) is 20.8 Å². The van der Waals surface area contributed by atoms with E-state index in [0.717, 1.165) is 24.2 Å². The summed E-state index contributed by atoms with van der Waals surface area (Å²) in [6, 6.07) is 18.0. The van der Waals surface area contributed by atoms with Crippen LogP contribution in [0.25, 0.3) is 5.76 Å². The van der Waals surface area contributed by atoms with Gasteiger partial charge in [-0.15, -0.1) is 0 Å². The van der Waals surface area contributed by atoms with Crippen LogP contribution in [0.5, 0.6) is 11.5 Å². The van der Waals surface area contributed by atoms with Gasteiger partial charge in [0.1, 0.15) is 17.3 Å². The van der Waals surface area contributed by atoms with Crippen LogP contribution in [0.2, 0.25) is 0 Å². The summed E-state index contributed by atoms with van der Waals surface area (Å²) in [5.74, 6) is -0.834. The van der Waals surface area contributed by atoms with Crippen molar-refractivity contribution in [3.8, 4) is 11.5 Å². The summed E-state index contributed by atoms with van der Waals surface area (Å²) >= 11 is 0. The lowest BCUT2D eigenvalue weighted by Gasteiger charge is -2.27. The number of aliphatic hydroxyl groups is 1. The topological polar surface area (TPSA) is 105 Å². The van der Waals surface area contributed by atoms with Crippen molar-refractivity contribution in [2.75, 3.05) is 23.9 Å². The number of ether oxygens (including phenoxy) is 2. The number of benzene rings is 3. The average molecular weight is 499 g/mol. The molecule has 37 heavy (non-hydrogen) atoms. The minimum Gasteiger partial charge on any atom is -0.507 e. The van der Waals surface area contributed by atoms with Crippen molar-refractivity contribution in [1.82, 2.24) is 0 Å². The molecule has 0 aliphatic carbocycles. The molecule has 0 radical (unpaired) electrons. The van der Waals surface area contributed by atoms with Gasteiger partial charge in [-0.3, -0.25) is 19.3 Å². The molecule has 5 rings (SSSR count). The number of fused-ring (bicyclic) bond motifs is 1. The Labute approximate surface area is 214 Å². The standard InChI is InChI=1S/C29H26N2O6/c1-17(32)30-20-10-12-21(13-11-20)31-26(22-7-3-4-8-24(22)36-2)25(28(34)29(31)35)27(33)19-9-14-23-18(16-19)6-5-15-37-23/h3-4,7-14,16,26,33H,5-6,15H2,1-2H3,(H,30,32)/b27-25+. The van der Waals surface area contributed by atoms with E-state index in [2.05, 4.69) is 5.32 Å². The van der Waals surface area contributed by atoms with E-state index in [1.165, 1.54) is 18.9 Å². The highest BCUT2D eigenvalue weighted by molar-refractivity contribution is 6.51. The van der Waals surface area contributed by atoms with Gasteiger partial charge >= 0.3 is 0 Å². The highest BCUT2D eigenvalue weighted by atomic mass is 16.5. The SMILES string of the molecule is COc1ccccc1C1/C(=C(\O)c2ccc3c(c2)CCCO3)C(=O)C(=O)N1c1ccc(NC(C)=O)cc1. The van der Waals surface area contributed by atoms with Crippen LogP contribution in [-0.4, -0.2) is 36.4 Å². The fraction of sp³-hybridized carbons (Fsp3) is 0.207. The summed E-state index contributed by atoms with van der Waals surface area (Å²) in [7, 11) is 1.51. The maximum atomic E-state index is 13.5. The number of amides is 2. The number of aryl methyl sites for hydroxylation is 1. The Bertz CT molecular complexity index is 1430. The Morgan fingerprint density at radius 2 is 1.84 bits per heavy atom. The van der Waals surface area contributed by atoms with Gasteiger partial charge in [0, 0.05) is 29.4 Å². The summed E-state index contributed by atoms with van der Waals surface area (Å²) in [4.78, 5) is 39.7. The first-order chi connectivity index (χ1) is 17.9. The Hall–Kier alpha value is -4.59. The van der Waals surface area contributed by atoms with E-state index in [9.17, 15) is 19.5 Å². The van der Waals surface area contributed by atoms with Gasteiger partial charge in [-0.2, -0.15) is 0 Å². The molecular formula is C29H26N2O6. The Balaban J connectivity index is 1.67. The predicted molar refractivity (Wildman–Crippen MR) is 139 cm³/mol. The smallest absolute Gasteiger partial charge is 0.300 e. The van der Waals surface area contributed by atoms with E-state index in [1.54, 1.807) is 66.7 Å². The fourth-order valence-corrected chi connectivity index (χ4v) is 4.86. The molecule has 1 saturated heterocycles. The summed E-state index contributed by atoms with van der Waals surface area (Å²) in [6.45, 7) is 2.04. The third-order valence-corrected chi connectivity index (χ3v) is 6.53. The van der Waals surface area contributed by atoms with Gasteiger partial charge in [0.25, 0.3) is 11.7 Å². The number of rotatable bonds is 5. The first kappa shape index (κ1) is 24.1. The van der Waals surface area contributed by atoms with Crippen molar-refractivity contribution in [3.05, 3.63) is 89.0 Å². The van der Waals surface area contributed by atoms with Crippen LogP contribution >= 0.6 is 0 Å². The molecule has 0 saturated carbocycles. The van der Waals surface area contributed by atoms with Crippen LogP contribution in [0.4, 0.5) is 11.4 Å². The molecule has 3 aromatic carbocycles. The molecule has 1 atom stereocenters. The number of anilines is 2. The summed E-state index contributed by atoms with van der Waals surface area (Å²) in [6.07, 6.45) is 1.65. The van der Waals surface area contributed by atoms with Crippen LogP contribution in [0.15, 0.2) is 72.3 Å². The second-order valence-corrected chi connectivity index (χ2v) is 8.91. The molecule has 0 aromatic heterocycles. The molecule has 2 amide bonds. The number of nitrogens with zero attached hydrogens (tertiary/aromatic N) is 1. The molecular weight excluding hydrogens is 472 g/mol. The Morgan fingerprint density at radius 3 is 2.57 bits per heavy atom. The van der Waals surface area contributed by atoms with Crippen LogP contribution < -0.4 is 19.7 Å². The van der Waals surface area contributed by atoms with Crippen LogP contribution in [0, 0.1) is 0 Å². The van der Waals surface area contributed by atoms with Crippen molar-refractivity contribution < 1.29 is 29.0 Å². The normalized spacial score (nSPS) is 18.2. The summed E-state index contributed by atoms with van der Waals surface area (Å²) < 4.78 is 11.2. The first-order valence-electron chi connectivity index (χ1n) is 12.0. The molecule has 188 valence electrons. The summed E-state index contributed by atoms with van der Waals surface area (Å²) in [5.41, 5.74) is 2.88. The van der Waals surface area contributed by atoms with E-state index in [1.807, 2.05) is 0 Å². The Kier molecular flexibility index (Phi) is 6.40. The minimum atomic E-state index is -0.935. The zero-order valence-corrected chi connectivity index (χ0v) is 20.5. The van der Waals surface area contributed by atoms with Gasteiger partial charge in [0.15, 0.2) is 0 Å². The first-order valence-corrected chi connectivity index (χ1v) is 12.0. The van der Waals surface area contributed by atoms with E-state index in [0.29, 0.717) is 34.9 Å². The Morgan fingerprint density at radius 1 is 1.08 bits per heavy atom. The highest BCUT2D eigenvalue weighted by Crippen LogP contribution is 2.45. The van der Waals surface area contributed by atoms with Crippen molar-refractivity contribution in [3.63, 3.8) is 0 Å². The zero-order chi connectivity index (χ0) is 26.1. The van der Waals surface area contributed by atoms with Gasteiger partial charge in [-0.05, 0) is 66.9 Å². The van der Waals surface area contributed by atoms with Crippen molar-refractivity contribution in [2.45, 2.75) is 25.8 Å². The molecule has 8 nitrogen and oxygen atoms in total. The molecule has 0 spiro atoms. The van der Waals surface area contributed by atoms with Crippen LogP contribution in [0.1, 0.15) is 36.1 Å². The number of nitrogens with one attached hydrogen (secondary N) is 1. The van der Waals surface area contributed by atoms with E-state index in [-0.39, 0.29) is 17.2 Å². The largest absolute Gasteiger partial charge is 0.507 e. The third-order valence-electron chi connectivity index (χ3n) is 6.53. The average Bonchev–Trinajstić information content (AvgIpc) is 3.18. The predicted octanol–water partition coefficient (Wildman–Crippen LogP) is 4.60. The third kappa shape index (κ3) is 4.42. The maximum absolute atomic E-state index is 13.5. The minimum absolute atomic E-state index is 0.0304. The molecule has 8 heteroatoms. The number of Topliss-reactive ketones (excluding diaryl/α,β-unsaturated/α-hetero) is 1. The number of carbonyl (C=O) groups is 3. The van der Waals surface area contributed by atoms with Gasteiger partial charge in [-0.25, -0.2) is 0 Å². The lowest BCUT2D eigenvalue weighted by molar-refractivity contribution is -0.132. The molecule has 2 aliphatic rings. The van der Waals surface area contributed by atoms with Gasteiger partial charge in [0.05, 0.1) is 25.3 Å². The molecule has 2 N–H and O–H groups in total. The lowest BCUT2D eigenvalue weighted by Crippen LogP contribution is -2.29. The molecule has 0 bridgehead atoms. The monoisotopic (exact) mass is 498 g/mol.